The van der Waals surface area contributed by atoms with Gasteiger partial charge in [0.05, 0.1) is 22.2 Å². The summed E-state index contributed by atoms with van der Waals surface area (Å²) in [6, 6.07) is 28.1. The van der Waals surface area contributed by atoms with Crippen molar-refractivity contribution in [1.29, 1.82) is 0 Å². The van der Waals surface area contributed by atoms with Crippen molar-refractivity contribution in [3.8, 4) is 5.75 Å². The van der Waals surface area contributed by atoms with Crippen molar-refractivity contribution in [3.63, 3.8) is 0 Å². The number of nitrogens with one attached hydrogen (secondary N) is 1. The first-order chi connectivity index (χ1) is 23.6. The number of aryl methyl sites for hydroxylation is 2. The molecule has 0 saturated heterocycles. The summed E-state index contributed by atoms with van der Waals surface area (Å²) in [6.45, 7) is 3.51. The summed E-state index contributed by atoms with van der Waals surface area (Å²) in [6.07, 6.45) is 5.31. The molecule has 0 bridgehead atoms. The molecule has 1 aliphatic rings. The van der Waals surface area contributed by atoms with Crippen molar-refractivity contribution in [3.05, 3.63) is 124 Å². The summed E-state index contributed by atoms with van der Waals surface area (Å²) in [4.78, 5) is 30.6. The smallest absolute Gasteiger partial charge is 0.264 e. The maximum Gasteiger partial charge on any atom is 0.264 e. The van der Waals surface area contributed by atoms with Crippen LogP contribution in [0.15, 0.2) is 106 Å². The highest BCUT2D eigenvalue weighted by Gasteiger charge is 2.35. The number of rotatable bonds is 13. The van der Waals surface area contributed by atoms with E-state index in [1.165, 1.54) is 19.2 Å². The third-order valence-corrected chi connectivity index (χ3v) is 11.5. The fraction of sp³-hybridized carbons (Fsp3) is 0.333. The van der Waals surface area contributed by atoms with Crippen LogP contribution in [0, 0.1) is 13.8 Å². The lowest BCUT2D eigenvalue weighted by Gasteiger charge is -2.35. The Labute approximate surface area is 298 Å². The average molecular weight is 747 g/mol. The van der Waals surface area contributed by atoms with E-state index in [4.69, 9.17) is 4.74 Å². The fourth-order valence-corrected chi connectivity index (χ4v) is 8.38. The van der Waals surface area contributed by atoms with Gasteiger partial charge in [-0.2, -0.15) is 0 Å². The normalized spacial score (nSPS) is 14.1. The predicted octanol–water partition coefficient (Wildman–Crippen LogP) is 7.36. The molecule has 8 nitrogen and oxygen atoms in total. The van der Waals surface area contributed by atoms with Gasteiger partial charge in [0.2, 0.25) is 11.8 Å². The Kier molecular flexibility index (Phi) is 12.2. The Bertz CT molecular complexity index is 1840. The summed E-state index contributed by atoms with van der Waals surface area (Å²) in [5.74, 6) is -0.240. The Morgan fingerprint density at radius 2 is 1.57 bits per heavy atom. The summed E-state index contributed by atoms with van der Waals surface area (Å²) >= 11 is 3.41. The number of anilines is 1. The van der Waals surface area contributed by atoms with Gasteiger partial charge in [-0.25, -0.2) is 8.42 Å². The third kappa shape index (κ3) is 9.10. The van der Waals surface area contributed by atoms with Crippen LogP contribution in [0.5, 0.6) is 5.75 Å². The molecule has 4 aromatic carbocycles. The van der Waals surface area contributed by atoms with E-state index in [0.717, 1.165) is 58.7 Å². The maximum absolute atomic E-state index is 14.8. The molecule has 1 atom stereocenters. The first-order valence-electron chi connectivity index (χ1n) is 16.7. The lowest BCUT2D eigenvalue weighted by Crippen LogP contribution is -2.55. The first kappa shape index (κ1) is 36.1. The topological polar surface area (TPSA) is 96.0 Å². The zero-order valence-corrected chi connectivity index (χ0v) is 30.7. The number of hydrogen-bond donors (Lipinski definition) is 1. The highest BCUT2D eigenvalue weighted by Crippen LogP contribution is 2.31. The van der Waals surface area contributed by atoms with Gasteiger partial charge in [-0.1, -0.05) is 91.6 Å². The van der Waals surface area contributed by atoms with Gasteiger partial charge >= 0.3 is 0 Å². The number of sulfonamides is 1. The van der Waals surface area contributed by atoms with Crippen molar-refractivity contribution in [1.82, 2.24) is 10.2 Å². The molecular weight excluding hydrogens is 702 g/mol. The van der Waals surface area contributed by atoms with Crippen molar-refractivity contribution in [2.45, 2.75) is 75.9 Å². The van der Waals surface area contributed by atoms with Gasteiger partial charge in [-0.15, -0.1) is 0 Å². The Hall–Kier alpha value is -4.15. The van der Waals surface area contributed by atoms with Crippen molar-refractivity contribution >= 4 is 43.5 Å². The van der Waals surface area contributed by atoms with Gasteiger partial charge in [-0.05, 0) is 89.6 Å². The van der Waals surface area contributed by atoms with Crippen LogP contribution in [-0.4, -0.2) is 50.9 Å². The third-order valence-electron chi connectivity index (χ3n) is 9.14. The van der Waals surface area contributed by atoms with Gasteiger partial charge in [0.25, 0.3) is 10.0 Å². The van der Waals surface area contributed by atoms with Crippen LogP contribution in [0.2, 0.25) is 0 Å². The molecule has 0 radical (unpaired) electrons. The van der Waals surface area contributed by atoms with Gasteiger partial charge < -0.3 is 15.0 Å². The van der Waals surface area contributed by atoms with Crippen LogP contribution in [0.4, 0.5) is 5.69 Å². The molecule has 4 aromatic rings. The van der Waals surface area contributed by atoms with Crippen LogP contribution < -0.4 is 14.4 Å². The number of hydrogen-bond acceptors (Lipinski definition) is 5. The molecule has 0 aliphatic heterocycles. The van der Waals surface area contributed by atoms with E-state index < -0.39 is 28.5 Å². The van der Waals surface area contributed by atoms with Crippen LogP contribution in [0.25, 0.3) is 0 Å². The average Bonchev–Trinajstić information content (AvgIpc) is 3.10. The maximum atomic E-state index is 14.8. The van der Waals surface area contributed by atoms with E-state index in [1.54, 1.807) is 23.1 Å². The number of ether oxygens (including phenoxy) is 1. The number of halogens is 1. The van der Waals surface area contributed by atoms with Crippen LogP contribution in [-0.2, 0) is 32.6 Å². The van der Waals surface area contributed by atoms with E-state index in [-0.39, 0.29) is 29.8 Å². The van der Waals surface area contributed by atoms with Gasteiger partial charge in [0.1, 0.15) is 18.3 Å². The first-order valence-corrected chi connectivity index (χ1v) is 18.9. The standard InChI is InChI=1S/C39H44BrN3O5S/c1-28-18-20-33(21-19-28)43(49(46,47)34-22-23-37(48-3)35(40)25-34)27-38(44)42(26-31-15-11-10-12-29(31)2)36(24-30-13-6-4-7-14-30)39(45)41-32-16-8-5-9-17-32/h4,6-7,10-15,18-23,25,32,36H,5,8-9,16-17,24,26-27H2,1-3H3,(H,41,45)/t36-/m1/s1. The molecule has 258 valence electrons. The second-order valence-electron chi connectivity index (χ2n) is 12.6. The number of carbonyl (C=O) groups excluding carboxylic acids is 2. The molecule has 0 unspecified atom stereocenters. The second kappa shape index (κ2) is 16.5. The molecule has 2 amide bonds. The van der Waals surface area contributed by atoms with Gasteiger partial charge in [-0.3, -0.25) is 13.9 Å². The zero-order chi connectivity index (χ0) is 35.0. The summed E-state index contributed by atoms with van der Waals surface area (Å²) in [7, 11) is -2.75. The molecule has 1 saturated carbocycles. The molecule has 5 rings (SSSR count). The quantitative estimate of drug-likeness (QED) is 0.154. The molecule has 0 aromatic heterocycles. The molecule has 1 N–H and O–H groups in total. The largest absolute Gasteiger partial charge is 0.496 e. The van der Waals surface area contributed by atoms with Crippen molar-refractivity contribution in [2.24, 2.45) is 0 Å². The molecule has 49 heavy (non-hydrogen) atoms. The molecular formula is C39H44BrN3O5S. The monoisotopic (exact) mass is 745 g/mol. The zero-order valence-electron chi connectivity index (χ0n) is 28.3. The fourth-order valence-electron chi connectivity index (χ4n) is 6.24. The van der Waals surface area contributed by atoms with E-state index in [9.17, 15) is 18.0 Å². The minimum Gasteiger partial charge on any atom is -0.496 e. The number of nitrogens with zero attached hydrogens (tertiary/aromatic N) is 2. The minimum absolute atomic E-state index is 0.00474. The highest BCUT2D eigenvalue weighted by molar-refractivity contribution is 9.10. The molecule has 0 spiro atoms. The van der Waals surface area contributed by atoms with E-state index in [1.807, 2.05) is 80.6 Å². The second-order valence-corrected chi connectivity index (χ2v) is 15.4. The Morgan fingerprint density at radius 3 is 2.22 bits per heavy atom. The Morgan fingerprint density at radius 1 is 0.898 bits per heavy atom. The van der Waals surface area contributed by atoms with Crippen LogP contribution >= 0.6 is 15.9 Å². The number of carbonyl (C=O) groups is 2. The van der Waals surface area contributed by atoms with Crippen LogP contribution in [0.3, 0.4) is 0 Å². The summed E-state index contributed by atoms with van der Waals surface area (Å²) < 4.78 is 35.8. The molecule has 10 heteroatoms. The molecule has 1 aliphatic carbocycles. The number of methoxy groups -OCH3 is 1. The van der Waals surface area contributed by atoms with Crippen LogP contribution in [0.1, 0.15) is 54.4 Å². The lowest BCUT2D eigenvalue weighted by atomic mass is 9.94. The summed E-state index contributed by atoms with van der Waals surface area (Å²) in [5, 5.41) is 3.26. The van der Waals surface area contributed by atoms with Crippen molar-refractivity contribution in [2.75, 3.05) is 18.0 Å². The SMILES string of the molecule is COc1ccc(S(=O)(=O)N(CC(=O)N(Cc2ccccc2C)[C@H](Cc2ccccc2)C(=O)NC2CCCCC2)c2ccc(C)cc2)cc1Br. The minimum atomic E-state index is -4.25. The van der Waals surface area contributed by atoms with E-state index >= 15 is 0 Å². The molecule has 1 fully saturated rings. The van der Waals surface area contributed by atoms with Gasteiger partial charge in [0.15, 0.2) is 0 Å². The van der Waals surface area contributed by atoms with E-state index in [2.05, 4.69) is 21.2 Å². The lowest BCUT2D eigenvalue weighted by molar-refractivity contribution is -0.140. The van der Waals surface area contributed by atoms with Gasteiger partial charge in [0, 0.05) is 19.0 Å². The molecule has 0 heterocycles. The highest BCUT2D eigenvalue weighted by atomic mass is 79.9. The number of amides is 2. The number of benzene rings is 4. The summed E-state index contributed by atoms with van der Waals surface area (Å²) in [5.41, 5.74) is 4.04. The Balaban J connectivity index is 1.58. The van der Waals surface area contributed by atoms with Crippen molar-refractivity contribution < 1.29 is 22.7 Å². The van der Waals surface area contributed by atoms with E-state index in [0.29, 0.717) is 15.9 Å². The predicted molar refractivity (Wildman–Crippen MR) is 197 cm³/mol.